The fraction of sp³-hybridized carbons (Fsp3) is 0.603. The van der Waals surface area contributed by atoms with Gasteiger partial charge in [-0.2, -0.15) is 0 Å². The Morgan fingerprint density at radius 1 is 0.512 bits per heavy atom. The zero-order chi connectivity index (χ0) is 61.9. The first-order valence-electron chi connectivity index (χ1n) is 30.0. The summed E-state index contributed by atoms with van der Waals surface area (Å²) in [7, 11) is 1.28. The number of ether oxygens (including phenoxy) is 2. The van der Waals surface area contributed by atoms with Crippen LogP contribution in [0.2, 0.25) is 0 Å². The minimum atomic E-state index is -1.43. The second-order valence-corrected chi connectivity index (χ2v) is 24.5. The molecular formula is C63H94N10O11. The molecule has 2 aromatic heterocycles. The smallest absolute Gasteiger partial charge is 0.331 e. The number of nitrogens with two attached hydrogens (primary N) is 1. The largest absolute Gasteiger partial charge is 0.467 e. The molecule has 7 amide bonds. The standard InChI is InChI=1S/C59H86N10O9.C4H8O2/c1-34(2)26-45(64-53(73)49(31-39-33-62-44-21-13-11-19-41(39)44)63-50(70)42(60)30-38-32-61-43-20-12-10-18-40(38)43)51(71)65-47(28-36(5)6)54(74)68-58(22-14-15-23-58)56(76)67-46(27-35(3)4)52(72)66-48(29-37(7)8)55(75)69-59(57(77)78-9)24-16-17-25-59;1-3-6-4(2)5/h10-13,18-21,32-37,42,45-49,61-62H,14-17,22-31,60H2,1-9H3,(H,63,70)(H,64,73)(H,65,71)(H,66,72)(H,67,76)(H,68,74)(H,69,75);3H2,1-2H3/t42-,45-,46-,47-,48-,49-;/m0./s1. The Hall–Kier alpha value is -7.29. The Labute approximate surface area is 494 Å². The van der Waals surface area contributed by atoms with Gasteiger partial charge in [-0.1, -0.05) is 117 Å². The first-order chi connectivity index (χ1) is 39.8. The first kappa shape index (κ1) is 67.5. The van der Waals surface area contributed by atoms with Crippen molar-refractivity contribution in [2.45, 2.75) is 206 Å². The van der Waals surface area contributed by atoms with Crippen molar-refractivity contribution in [3.63, 3.8) is 0 Å². The van der Waals surface area contributed by atoms with Crippen molar-refractivity contribution < 1.29 is 52.6 Å². The maximum absolute atomic E-state index is 14.7. The lowest BCUT2D eigenvalue weighted by atomic mass is 9.92. The summed E-state index contributed by atoms with van der Waals surface area (Å²) in [5.74, 6) is -5.02. The molecule has 84 heavy (non-hydrogen) atoms. The number of hydrogen-bond acceptors (Lipinski definition) is 12. The van der Waals surface area contributed by atoms with Crippen molar-refractivity contribution in [1.29, 1.82) is 0 Å². The van der Waals surface area contributed by atoms with Crippen LogP contribution >= 0.6 is 0 Å². The fourth-order valence-corrected chi connectivity index (χ4v) is 11.4. The highest BCUT2D eigenvalue weighted by Gasteiger charge is 2.47. The summed E-state index contributed by atoms with van der Waals surface area (Å²) in [4.78, 5) is 130. The molecule has 462 valence electrons. The molecule has 6 atom stereocenters. The van der Waals surface area contributed by atoms with E-state index in [0.29, 0.717) is 32.3 Å². The summed E-state index contributed by atoms with van der Waals surface area (Å²) in [6, 6.07) is 8.79. The molecule has 2 aromatic carbocycles. The van der Waals surface area contributed by atoms with E-state index in [9.17, 15) is 43.2 Å². The summed E-state index contributed by atoms with van der Waals surface area (Å²) in [6.07, 6.45) is 8.85. The number of amides is 7. The molecule has 0 bridgehead atoms. The molecule has 21 nitrogen and oxygen atoms in total. The van der Waals surface area contributed by atoms with E-state index in [2.05, 4.69) is 51.9 Å². The van der Waals surface area contributed by atoms with Gasteiger partial charge in [0, 0.05) is 47.5 Å². The van der Waals surface area contributed by atoms with E-state index in [1.165, 1.54) is 14.0 Å². The third-order valence-electron chi connectivity index (χ3n) is 15.5. The van der Waals surface area contributed by atoms with Crippen LogP contribution in [0.15, 0.2) is 60.9 Å². The maximum atomic E-state index is 14.7. The minimum Gasteiger partial charge on any atom is -0.467 e. The van der Waals surface area contributed by atoms with Gasteiger partial charge in [0.1, 0.15) is 41.3 Å². The lowest BCUT2D eigenvalue weighted by Gasteiger charge is -2.34. The number of methoxy groups -OCH3 is 1. The Morgan fingerprint density at radius 3 is 1.29 bits per heavy atom. The number of aromatic amines is 2. The summed E-state index contributed by atoms with van der Waals surface area (Å²) in [5.41, 5.74) is 7.30. The van der Waals surface area contributed by atoms with Crippen LogP contribution in [0, 0.1) is 23.7 Å². The van der Waals surface area contributed by atoms with Crippen molar-refractivity contribution >= 4 is 75.1 Å². The molecule has 2 aliphatic carbocycles. The van der Waals surface area contributed by atoms with E-state index in [-0.39, 0.29) is 81.0 Å². The molecule has 0 radical (unpaired) electrons. The van der Waals surface area contributed by atoms with Gasteiger partial charge in [-0.05, 0) is 112 Å². The number of hydrogen-bond donors (Lipinski definition) is 10. The molecule has 0 unspecified atom stereocenters. The second kappa shape index (κ2) is 31.6. The van der Waals surface area contributed by atoms with Gasteiger partial charge in [-0.15, -0.1) is 0 Å². The quantitative estimate of drug-likeness (QED) is 0.0294. The lowest BCUT2D eigenvalue weighted by Crippen LogP contribution is -2.65. The molecule has 0 aliphatic heterocycles. The van der Waals surface area contributed by atoms with Gasteiger partial charge < -0.3 is 62.4 Å². The van der Waals surface area contributed by atoms with Crippen molar-refractivity contribution in [3.05, 3.63) is 72.1 Å². The maximum Gasteiger partial charge on any atom is 0.331 e. The highest BCUT2D eigenvalue weighted by molar-refractivity contribution is 6.00. The number of esters is 2. The highest BCUT2D eigenvalue weighted by Crippen LogP contribution is 2.33. The summed E-state index contributed by atoms with van der Waals surface area (Å²) >= 11 is 0. The molecule has 4 aromatic rings. The third kappa shape index (κ3) is 19.1. The van der Waals surface area contributed by atoms with Crippen LogP contribution in [0.25, 0.3) is 21.8 Å². The zero-order valence-electron chi connectivity index (χ0n) is 51.2. The Balaban J connectivity index is 0.00000204. The van der Waals surface area contributed by atoms with Crippen molar-refractivity contribution in [1.82, 2.24) is 47.2 Å². The average molecular weight is 1170 g/mol. The molecule has 11 N–H and O–H groups in total. The van der Waals surface area contributed by atoms with E-state index in [0.717, 1.165) is 45.8 Å². The fourth-order valence-electron chi connectivity index (χ4n) is 11.4. The van der Waals surface area contributed by atoms with Gasteiger partial charge in [0.15, 0.2) is 0 Å². The minimum absolute atomic E-state index is 0.0162. The monoisotopic (exact) mass is 1170 g/mol. The second-order valence-electron chi connectivity index (χ2n) is 24.5. The first-order valence-corrected chi connectivity index (χ1v) is 30.0. The zero-order valence-corrected chi connectivity index (χ0v) is 51.2. The van der Waals surface area contributed by atoms with Gasteiger partial charge in [0.25, 0.3) is 0 Å². The van der Waals surface area contributed by atoms with Crippen LogP contribution in [-0.4, -0.2) is 124 Å². The van der Waals surface area contributed by atoms with Crippen LogP contribution in [0.3, 0.4) is 0 Å². The molecule has 0 saturated heterocycles. The molecule has 6 rings (SSSR count). The van der Waals surface area contributed by atoms with Crippen LogP contribution in [0.4, 0.5) is 0 Å². The van der Waals surface area contributed by atoms with Crippen LogP contribution in [0.5, 0.6) is 0 Å². The van der Waals surface area contributed by atoms with E-state index < -0.39 is 94.6 Å². The number of benzene rings is 2. The Kier molecular flexibility index (Phi) is 25.4. The summed E-state index contributed by atoms with van der Waals surface area (Å²) in [5, 5.41) is 22.3. The normalized spacial score (nSPS) is 16.6. The average Bonchev–Trinajstić information content (AvgIpc) is 3.46. The topological polar surface area (TPSA) is 314 Å². The van der Waals surface area contributed by atoms with Gasteiger partial charge in [0.05, 0.1) is 19.8 Å². The number of carbonyl (C=O) groups excluding carboxylic acids is 9. The van der Waals surface area contributed by atoms with Crippen molar-refractivity contribution in [2.75, 3.05) is 13.7 Å². The van der Waals surface area contributed by atoms with E-state index in [1.807, 2.05) is 110 Å². The third-order valence-corrected chi connectivity index (χ3v) is 15.5. The van der Waals surface area contributed by atoms with E-state index in [1.54, 1.807) is 13.1 Å². The lowest BCUT2D eigenvalue weighted by molar-refractivity contribution is -0.151. The van der Waals surface area contributed by atoms with Gasteiger partial charge >= 0.3 is 11.9 Å². The number of H-pyrrole nitrogens is 2. The molecule has 2 fully saturated rings. The van der Waals surface area contributed by atoms with Gasteiger partial charge in [-0.3, -0.25) is 38.4 Å². The SMILES string of the molecule is CCOC(C)=O.COC(=O)C1(NC(=O)[C@H](CC(C)C)NC(=O)[C@H](CC(C)C)NC(=O)C2(NC(=O)[C@H](CC(C)C)NC(=O)[C@H](CC(C)C)NC(=O)[C@H](Cc3c[nH]c4ccccc34)NC(=O)[C@@H](N)Cc3c[nH]c4ccccc34)CCCC2)CCCC1. The number of fused-ring (bicyclic) bond motifs is 2. The molecular weight excluding hydrogens is 1070 g/mol. The molecule has 2 saturated carbocycles. The number of rotatable bonds is 28. The van der Waals surface area contributed by atoms with E-state index in [4.69, 9.17) is 10.5 Å². The van der Waals surface area contributed by atoms with Crippen molar-refractivity contribution in [3.8, 4) is 0 Å². The number of aromatic nitrogens is 2. The van der Waals surface area contributed by atoms with Crippen LogP contribution in [-0.2, 0) is 65.5 Å². The number of para-hydroxylation sites is 2. The summed E-state index contributed by atoms with van der Waals surface area (Å²) in [6.45, 7) is 18.9. The summed E-state index contributed by atoms with van der Waals surface area (Å²) < 4.78 is 9.48. The Morgan fingerprint density at radius 2 is 0.881 bits per heavy atom. The van der Waals surface area contributed by atoms with Crippen LogP contribution < -0.4 is 43.0 Å². The number of nitrogens with one attached hydrogen (secondary N) is 9. The van der Waals surface area contributed by atoms with Gasteiger partial charge in [0.2, 0.25) is 41.4 Å². The van der Waals surface area contributed by atoms with Crippen LogP contribution in [0.1, 0.15) is 157 Å². The molecule has 2 heterocycles. The molecule has 21 heteroatoms. The highest BCUT2D eigenvalue weighted by atomic mass is 16.5. The van der Waals surface area contributed by atoms with Crippen molar-refractivity contribution in [2.24, 2.45) is 29.4 Å². The Bertz CT molecular complexity index is 2880. The predicted octanol–water partition coefficient (Wildman–Crippen LogP) is 5.97. The van der Waals surface area contributed by atoms with Gasteiger partial charge in [-0.25, -0.2) is 4.79 Å². The molecule has 0 spiro atoms. The van der Waals surface area contributed by atoms with E-state index >= 15 is 0 Å². The predicted molar refractivity (Wildman–Crippen MR) is 322 cm³/mol. The molecule has 2 aliphatic rings. The number of carbonyl (C=O) groups is 9.